The SMILES string of the molecule is Cc1cc2c(cc1N1c3c(oc4cc5c(cc34)C(C)(C)CCC5(C)C)B3c4c(cc5c(oc6ccccc65)c41)-c1cc4c(cc1N3c1ccc(C(C)(C)C)cc1)oc1ccccc14)C(C)(C)CCC2(C)C. The summed E-state index contributed by atoms with van der Waals surface area (Å²) in [5, 5.41) is 5.58. The van der Waals surface area contributed by atoms with E-state index in [4.69, 9.17) is 13.3 Å². The zero-order chi connectivity index (χ0) is 49.1. The monoisotopic (exact) mass is 930 g/mol. The Hall–Kier alpha value is -6.66. The maximum Gasteiger partial charge on any atom is 0.376 e. The summed E-state index contributed by atoms with van der Waals surface area (Å²) in [5.41, 5.74) is 22.7. The van der Waals surface area contributed by atoms with Gasteiger partial charge >= 0.3 is 6.85 Å². The van der Waals surface area contributed by atoms with E-state index in [9.17, 15) is 0 Å². The van der Waals surface area contributed by atoms with Crippen molar-refractivity contribution in [3.05, 3.63) is 149 Å². The third kappa shape index (κ3) is 5.88. The molecule has 5 nitrogen and oxygen atoms in total. The van der Waals surface area contributed by atoms with Crippen molar-refractivity contribution in [1.82, 2.24) is 0 Å². The Kier molecular flexibility index (Phi) is 8.42. The predicted octanol–water partition coefficient (Wildman–Crippen LogP) is 17.2. The number of furan rings is 3. The van der Waals surface area contributed by atoms with Gasteiger partial charge in [0, 0.05) is 55.6 Å². The van der Waals surface area contributed by atoms with E-state index in [1.807, 2.05) is 0 Å². The van der Waals surface area contributed by atoms with Crippen LogP contribution in [0.1, 0.15) is 135 Å². The molecule has 10 aromatic rings. The number of para-hydroxylation sites is 2. The van der Waals surface area contributed by atoms with E-state index in [2.05, 4.69) is 208 Å². The van der Waals surface area contributed by atoms with Gasteiger partial charge in [-0.3, -0.25) is 0 Å². The molecule has 4 aliphatic rings. The van der Waals surface area contributed by atoms with Gasteiger partial charge in [-0.25, -0.2) is 0 Å². The van der Waals surface area contributed by atoms with Crippen LogP contribution in [0.2, 0.25) is 0 Å². The van der Waals surface area contributed by atoms with E-state index in [0.717, 1.165) is 115 Å². The van der Waals surface area contributed by atoms with Gasteiger partial charge < -0.3 is 23.0 Å². The summed E-state index contributed by atoms with van der Waals surface area (Å²) in [6.45, 7) is 28.3. The highest BCUT2D eigenvalue weighted by molar-refractivity contribution is 6.93. The lowest BCUT2D eigenvalue weighted by molar-refractivity contribution is 0.332. The minimum atomic E-state index is -0.363. The second-order valence-corrected chi connectivity index (χ2v) is 25.5. The standard InChI is InChI=1S/C65H63BN2O3/c1-36-29-46-48(64(9,10)27-25-62(46,5)6)33-50(36)67-57-45-32-47-49(65(11,12)28-26-63(47,7)8)34-54(45)71-60(57)66-56-43(31-44-40-18-14-16-20-53(40)70-59(44)58(56)67)41-30-42-39-17-13-15-19-52(39)69-55(42)35-51(41)68(66)38-23-21-37(22-24-38)61(2,3)4/h13-24,29-35H,25-28H2,1-12H3. The van der Waals surface area contributed by atoms with Gasteiger partial charge in [-0.2, -0.15) is 0 Å². The van der Waals surface area contributed by atoms with Crippen molar-refractivity contribution in [2.75, 3.05) is 9.71 Å². The molecule has 0 radical (unpaired) electrons. The molecule has 354 valence electrons. The lowest BCUT2D eigenvalue weighted by Gasteiger charge is -2.45. The predicted molar refractivity (Wildman–Crippen MR) is 299 cm³/mol. The van der Waals surface area contributed by atoms with Gasteiger partial charge in [0.25, 0.3) is 0 Å². The van der Waals surface area contributed by atoms with Crippen molar-refractivity contribution < 1.29 is 13.3 Å². The number of hydrogen-bond donors (Lipinski definition) is 0. The van der Waals surface area contributed by atoms with Crippen molar-refractivity contribution in [2.45, 2.75) is 136 Å². The van der Waals surface area contributed by atoms with Crippen LogP contribution in [0.4, 0.5) is 28.4 Å². The molecular formula is C65H63BN2O3. The van der Waals surface area contributed by atoms with Crippen LogP contribution >= 0.6 is 0 Å². The molecule has 71 heavy (non-hydrogen) atoms. The smallest absolute Gasteiger partial charge is 0.376 e. The maximum absolute atomic E-state index is 7.76. The summed E-state index contributed by atoms with van der Waals surface area (Å²) < 4.78 is 21.9. The molecule has 0 saturated carbocycles. The van der Waals surface area contributed by atoms with Crippen molar-refractivity contribution in [1.29, 1.82) is 0 Å². The quantitative estimate of drug-likeness (QED) is 0.162. The Balaban J connectivity index is 1.19. The Morgan fingerprint density at radius 1 is 0.479 bits per heavy atom. The van der Waals surface area contributed by atoms with Crippen LogP contribution in [0.3, 0.4) is 0 Å². The minimum Gasteiger partial charge on any atom is -0.466 e. The van der Waals surface area contributed by atoms with Gasteiger partial charge in [-0.15, -0.1) is 0 Å². The maximum atomic E-state index is 7.76. The lowest BCUT2D eigenvalue weighted by Crippen LogP contribution is -2.61. The molecule has 6 heteroatoms. The van der Waals surface area contributed by atoms with Crippen LogP contribution in [0.25, 0.3) is 66.0 Å². The largest absolute Gasteiger partial charge is 0.466 e. The summed E-state index contributed by atoms with van der Waals surface area (Å²) in [5.74, 6) is 0. The topological polar surface area (TPSA) is 45.9 Å². The van der Waals surface area contributed by atoms with E-state index < -0.39 is 0 Å². The summed E-state index contributed by atoms with van der Waals surface area (Å²) in [6.07, 6.45) is 4.52. The van der Waals surface area contributed by atoms with Gasteiger partial charge in [0.15, 0.2) is 5.58 Å². The van der Waals surface area contributed by atoms with Crippen LogP contribution in [-0.2, 0) is 27.1 Å². The molecule has 0 saturated heterocycles. The zero-order valence-electron chi connectivity index (χ0n) is 43.5. The highest BCUT2D eigenvalue weighted by Crippen LogP contribution is 2.57. The fourth-order valence-electron chi connectivity index (χ4n) is 13.6. The van der Waals surface area contributed by atoms with Gasteiger partial charge in [0.1, 0.15) is 28.0 Å². The van der Waals surface area contributed by atoms with Gasteiger partial charge in [-0.05, 0) is 159 Å². The summed E-state index contributed by atoms with van der Waals surface area (Å²) in [4.78, 5) is 5.17. The Bertz CT molecular complexity index is 3960. The third-order valence-corrected chi connectivity index (χ3v) is 18.0. The van der Waals surface area contributed by atoms with Crippen LogP contribution < -0.4 is 20.8 Å². The highest BCUT2D eigenvalue weighted by Gasteiger charge is 2.51. The Morgan fingerprint density at radius 3 is 1.68 bits per heavy atom. The molecule has 0 atom stereocenters. The van der Waals surface area contributed by atoms with E-state index in [-0.39, 0.29) is 33.9 Å². The average molecular weight is 931 g/mol. The number of nitrogens with zero attached hydrogens (tertiary/aromatic N) is 2. The molecule has 3 aromatic heterocycles. The number of hydrogen-bond acceptors (Lipinski definition) is 5. The van der Waals surface area contributed by atoms with Crippen LogP contribution in [0.15, 0.2) is 129 Å². The van der Waals surface area contributed by atoms with Crippen LogP contribution in [0.5, 0.6) is 0 Å². The highest BCUT2D eigenvalue weighted by atomic mass is 16.3. The van der Waals surface area contributed by atoms with Crippen molar-refractivity contribution in [3.8, 4) is 11.1 Å². The van der Waals surface area contributed by atoms with Gasteiger partial charge in [0.2, 0.25) is 0 Å². The number of benzene rings is 7. The fraction of sp³-hybridized carbons (Fsp3) is 0.323. The average Bonchev–Trinajstić information content (AvgIpc) is 4.02. The van der Waals surface area contributed by atoms with E-state index in [0.29, 0.717) is 0 Å². The number of aryl methyl sites for hydroxylation is 1. The summed E-state index contributed by atoms with van der Waals surface area (Å²) in [6, 6.07) is 43.5. The molecular weight excluding hydrogens is 868 g/mol. The summed E-state index contributed by atoms with van der Waals surface area (Å²) in [7, 11) is 0. The fourth-order valence-corrected chi connectivity index (χ4v) is 13.6. The first kappa shape index (κ1) is 43.2. The molecule has 0 N–H and O–H groups in total. The molecule has 14 rings (SSSR count). The van der Waals surface area contributed by atoms with Gasteiger partial charge in [-0.1, -0.05) is 131 Å². The Labute approximate surface area is 417 Å². The number of rotatable bonds is 2. The zero-order valence-corrected chi connectivity index (χ0v) is 43.5. The van der Waals surface area contributed by atoms with Gasteiger partial charge in [0.05, 0.1) is 11.4 Å². The van der Waals surface area contributed by atoms with Crippen LogP contribution in [-0.4, -0.2) is 6.85 Å². The van der Waals surface area contributed by atoms with E-state index in [1.165, 1.54) is 50.1 Å². The first-order valence-corrected chi connectivity index (χ1v) is 26.1. The second kappa shape index (κ2) is 13.8. The Morgan fingerprint density at radius 2 is 1.03 bits per heavy atom. The number of fused-ring (bicyclic) bond motifs is 15. The van der Waals surface area contributed by atoms with Crippen molar-refractivity contribution in [3.63, 3.8) is 0 Å². The third-order valence-electron chi connectivity index (χ3n) is 18.0. The molecule has 7 aromatic carbocycles. The summed E-state index contributed by atoms with van der Waals surface area (Å²) >= 11 is 0. The number of anilines is 5. The van der Waals surface area contributed by atoms with Crippen molar-refractivity contribution in [2.24, 2.45) is 0 Å². The second-order valence-electron chi connectivity index (χ2n) is 25.5. The molecule has 0 unspecified atom stereocenters. The van der Waals surface area contributed by atoms with E-state index >= 15 is 0 Å². The minimum absolute atomic E-state index is 0.00135. The normalized spacial score (nSPS) is 18.3. The molecule has 2 aliphatic heterocycles. The molecule has 0 amide bonds. The molecule has 0 bridgehead atoms. The lowest BCUT2D eigenvalue weighted by atomic mass is 9.45. The molecule has 2 aliphatic carbocycles. The van der Waals surface area contributed by atoms with Crippen molar-refractivity contribution >= 4 is 101 Å². The molecule has 5 heterocycles. The first-order chi connectivity index (χ1) is 33.7. The van der Waals surface area contributed by atoms with E-state index in [1.54, 1.807) is 0 Å². The first-order valence-electron chi connectivity index (χ1n) is 26.1. The molecule has 0 spiro atoms. The van der Waals surface area contributed by atoms with Crippen LogP contribution in [0, 0.1) is 6.92 Å². The molecule has 0 fully saturated rings.